The summed E-state index contributed by atoms with van der Waals surface area (Å²) in [4.78, 5) is 5.39. The Morgan fingerprint density at radius 1 is 1.80 bits per heavy atom. The maximum Gasteiger partial charge on any atom is 0.201 e. The zero-order chi connectivity index (χ0) is 7.72. The molecule has 0 bridgehead atoms. The fraction of sp³-hybridized carbons (Fsp3) is 0.600. The molecule has 0 aromatic rings. The van der Waals surface area contributed by atoms with E-state index in [-0.39, 0.29) is 11.3 Å². The van der Waals surface area contributed by atoms with Gasteiger partial charge in [-0.15, -0.1) is 0 Å². The van der Waals surface area contributed by atoms with Gasteiger partial charge in [0.15, 0.2) is 0 Å². The Morgan fingerprint density at radius 3 is 2.60 bits per heavy atom. The molecule has 0 amide bonds. The van der Waals surface area contributed by atoms with Crippen LogP contribution in [0.2, 0.25) is 0 Å². The van der Waals surface area contributed by atoms with Crippen molar-refractivity contribution >= 4 is 34.3 Å². The van der Waals surface area contributed by atoms with Crippen LogP contribution in [0.3, 0.4) is 0 Å². The van der Waals surface area contributed by atoms with Crippen LogP contribution in [0.1, 0.15) is 6.92 Å². The summed E-state index contributed by atoms with van der Waals surface area (Å²) in [5.74, 6) is 0.195. The molecule has 56 valence electrons. The molecule has 0 aromatic heterocycles. The summed E-state index contributed by atoms with van der Waals surface area (Å²) >= 11 is 11.2. The van der Waals surface area contributed by atoms with Gasteiger partial charge in [-0.05, 0) is 18.5 Å². The van der Waals surface area contributed by atoms with Crippen LogP contribution in [0.5, 0.6) is 0 Å². The summed E-state index contributed by atoms with van der Waals surface area (Å²) in [5.41, 5.74) is -0.0180. The normalized spacial score (nSPS) is 24.9. The van der Waals surface area contributed by atoms with Crippen LogP contribution in [0.15, 0.2) is 4.99 Å². The predicted octanol–water partition coefficient (Wildman–Crippen LogP) is 1.46. The summed E-state index contributed by atoms with van der Waals surface area (Å²) < 4.78 is 0. The maximum atomic E-state index is 6.97. The van der Waals surface area contributed by atoms with Gasteiger partial charge in [-0.1, -0.05) is 11.6 Å². The van der Waals surface area contributed by atoms with Crippen molar-refractivity contribution < 1.29 is 0 Å². The van der Waals surface area contributed by atoms with Gasteiger partial charge in [-0.25, -0.2) is 4.99 Å². The summed E-state index contributed by atoms with van der Waals surface area (Å²) in [6.07, 6.45) is 0. The average molecular weight is 180 g/mol. The number of hydrogen-bond acceptors (Lipinski definition) is 1. The van der Waals surface area contributed by atoms with Gasteiger partial charge in [0.2, 0.25) is 5.29 Å². The third-order valence-electron chi connectivity index (χ3n) is 1.05. The number of hydrogen-bond donors (Lipinski definition) is 1. The Kier molecular flexibility index (Phi) is 2.16. The first kappa shape index (κ1) is 7.82. The van der Waals surface area contributed by atoms with E-state index < -0.39 is 0 Å². The molecular formula is C5H7Cl2N3. The van der Waals surface area contributed by atoms with Crippen LogP contribution in [0.4, 0.5) is 0 Å². The first-order valence-electron chi connectivity index (χ1n) is 2.81. The van der Waals surface area contributed by atoms with Crippen molar-refractivity contribution in [3.8, 4) is 0 Å². The third-order valence-corrected chi connectivity index (χ3v) is 1.72. The molecule has 1 N–H and O–H groups in total. The van der Waals surface area contributed by atoms with Crippen molar-refractivity contribution in [2.45, 2.75) is 12.4 Å². The molecule has 3 nitrogen and oxygen atoms in total. The molecule has 1 fully saturated rings. The molecule has 0 saturated carbocycles. The molecule has 5 heteroatoms. The fourth-order valence-electron chi connectivity index (χ4n) is 0.509. The second-order valence-electron chi connectivity index (χ2n) is 2.05. The predicted molar refractivity (Wildman–Crippen MR) is 43.0 cm³/mol. The highest BCUT2D eigenvalue weighted by molar-refractivity contribution is 6.66. The van der Waals surface area contributed by atoms with Gasteiger partial charge in [0.1, 0.15) is 11.3 Å². The smallest absolute Gasteiger partial charge is 0.201 e. The maximum absolute atomic E-state index is 6.97. The highest BCUT2D eigenvalue weighted by atomic mass is 35.5. The van der Waals surface area contributed by atoms with E-state index in [9.17, 15) is 0 Å². The van der Waals surface area contributed by atoms with Crippen LogP contribution in [0.25, 0.3) is 0 Å². The second kappa shape index (κ2) is 2.76. The van der Waals surface area contributed by atoms with Gasteiger partial charge >= 0.3 is 0 Å². The SMILES string of the molecule is CC(=N)N=C(Cl)N1CC1Cl. The van der Waals surface area contributed by atoms with Crippen LogP contribution >= 0.6 is 23.2 Å². The van der Waals surface area contributed by atoms with Gasteiger partial charge in [0.25, 0.3) is 0 Å². The number of alkyl halides is 1. The van der Waals surface area contributed by atoms with Gasteiger partial charge in [-0.2, -0.15) is 0 Å². The number of nitrogens with one attached hydrogen (secondary N) is 1. The molecule has 1 aliphatic heterocycles. The molecule has 1 atom stereocenters. The van der Waals surface area contributed by atoms with E-state index in [4.69, 9.17) is 28.6 Å². The molecule has 0 radical (unpaired) electrons. The van der Waals surface area contributed by atoms with E-state index in [1.54, 1.807) is 11.8 Å². The Bertz CT molecular complexity index is 189. The Morgan fingerprint density at radius 2 is 2.30 bits per heavy atom. The molecule has 1 aliphatic rings. The highest BCUT2D eigenvalue weighted by Crippen LogP contribution is 2.23. The lowest BCUT2D eigenvalue weighted by Crippen LogP contribution is -2.05. The lowest BCUT2D eigenvalue weighted by molar-refractivity contribution is 0.841. The van der Waals surface area contributed by atoms with Crippen molar-refractivity contribution in [3.63, 3.8) is 0 Å². The molecule has 1 heterocycles. The van der Waals surface area contributed by atoms with Gasteiger partial charge < -0.3 is 4.90 Å². The molecule has 0 spiro atoms. The zero-order valence-corrected chi connectivity index (χ0v) is 6.95. The zero-order valence-electron chi connectivity index (χ0n) is 5.43. The summed E-state index contributed by atoms with van der Waals surface area (Å²) in [5, 5.41) is 7.28. The molecule has 0 aromatic carbocycles. The van der Waals surface area contributed by atoms with E-state index in [1.807, 2.05) is 0 Å². The minimum Gasteiger partial charge on any atom is -0.325 e. The molecule has 1 saturated heterocycles. The lowest BCUT2D eigenvalue weighted by atomic mass is 10.7. The quantitative estimate of drug-likeness (QED) is 0.198. The standard InChI is InChI=1S/C5H7Cl2N3/c1-3(8)9-5(7)10-2-4(10)6/h4,8H,2H2,1H3. The number of nitrogens with zero attached hydrogens (tertiary/aromatic N) is 2. The summed E-state index contributed by atoms with van der Waals surface area (Å²) in [7, 11) is 0. The van der Waals surface area contributed by atoms with Crippen molar-refractivity contribution in [1.82, 2.24) is 4.90 Å². The van der Waals surface area contributed by atoms with Gasteiger partial charge in [0.05, 0.1) is 6.54 Å². The van der Waals surface area contributed by atoms with Crippen molar-refractivity contribution in [2.24, 2.45) is 4.99 Å². The van der Waals surface area contributed by atoms with Crippen LogP contribution < -0.4 is 0 Å². The largest absolute Gasteiger partial charge is 0.325 e. The van der Waals surface area contributed by atoms with E-state index >= 15 is 0 Å². The van der Waals surface area contributed by atoms with Gasteiger partial charge in [0, 0.05) is 0 Å². The number of halogens is 2. The third kappa shape index (κ3) is 1.85. The van der Waals surface area contributed by atoms with E-state index in [1.165, 1.54) is 0 Å². The number of rotatable bonds is 0. The van der Waals surface area contributed by atoms with E-state index in [0.717, 1.165) is 6.54 Å². The summed E-state index contributed by atoms with van der Waals surface area (Å²) in [6, 6.07) is 0. The van der Waals surface area contributed by atoms with Crippen molar-refractivity contribution in [1.29, 1.82) is 5.41 Å². The second-order valence-corrected chi connectivity index (χ2v) is 2.89. The minimum atomic E-state index is -0.0180. The van der Waals surface area contributed by atoms with Crippen molar-refractivity contribution in [2.75, 3.05) is 6.54 Å². The number of aliphatic imine (C=N–C) groups is 1. The first-order valence-corrected chi connectivity index (χ1v) is 3.63. The van der Waals surface area contributed by atoms with Crippen molar-refractivity contribution in [3.05, 3.63) is 0 Å². The van der Waals surface area contributed by atoms with Crippen LogP contribution in [0, 0.1) is 5.41 Å². The fourth-order valence-corrected chi connectivity index (χ4v) is 1.11. The first-order chi connectivity index (χ1) is 4.61. The van der Waals surface area contributed by atoms with Crippen LogP contribution in [-0.2, 0) is 0 Å². The van der Waals surface area contributed by atoms with E-state index in [2.05, 4.69) is 4.99 Å². The minimum absolute atomic E-state index is 0.0180. The highest BCUT2D eigenvalue weighted by Gasteiger charge is 2.33. The molecule has 10 heavy (non-hydrogen) atoms. The summed E-state index contributed by atoms with van der Waals surface area (Å²) in [6.45, 7) is 2.30. The number of amidine groups is 2. The van der Waals surface area contributed by atoms with Crippen LogP contribution in [-0.4, -0.2) is 28.1 Å². The van der Waals surface area contributed by atoms with E-state index in [0.29, 0.717) is 5.29 Å². The molecule has 0 aliphatic carbocycles. The Balaban J connectivity index is 2.49. The molecular weight excluding hydrogens is 173 g/mol. The average Bonchev–Trinajstić information content (AvgIpc) is 2.44. The van der Waals surface area contributed by atoms with Gasteiger partial charge in [-0.3, -0.25) is 5.41 Å². The Hall–Kier alpha value is -0.280. The topological polar surface area (TPSA) is 39.2 Å². The lowest BCUT2D eigenvalue weighted by Gasteiger charge is -1.96. The Labute approximate surface area is 69.1 Å². The molecule has 1 unspecified atom stereocenters. The molecule has 1 rings (SSSR count). The monoisotopic (exact) mass is 179 g/mol.